The third-order valence-electron chi connectivity index (χ3n) is 3.83. The van der Waals surface area contributed by atoms with Crippen LogP contribution >= 0.6 is 11.6 Å². The second kappa shape index (κ2) is 6.57. The molecule has 2 rings (SSSR count). The summed E-state index contributed by atoms with van der Waals surface area (Å²) >= 11 is 5.94. The number of anilines is 1. The molecular formula is C14H23ClN4O. The Balaban J connectivity index is 2.09. The number of rotatable bonds is 5. The molecule has 1 heterocycles. The Labute approximate surface area is 125 Å². The van der Waals surface area contributed by atoms with Gasteiger partial charge in [-0.1, -0.05) is 33.6 Å². The Morgan fingerprint density at radius 3 is 2.80 bits per heavy atom. The molecule has 1 atom stereocenters. The summed E-state index contributed by atoms with van der Waals surface area (Å²) in [6.07, 6.45) is 5.76. The maximum atomic E-state index is 5.94. The van der Waals surface area contributed by atoms with Gasteiger partial charge in [0.25, 0.3) is 0 Å². The van der Waals surface area contributed by atoms with Crippen molar-refractivity contribution in [3.8, 4) is 6.01 Å². The van der Waals surface area contributed by atoms with E-state index in [0.29, 0.717) is 24.6 Å². The molecule has 6 heteroatoms. The van der Waals surface area contributed by atoms with Crippen molar-refractivity contribution < 1.29 is 4.74 Å². The second-order valence-electron chi connectivity index (χ2n) is 5.99. The van der Waals surface area contributed by atoms with Gasteiger partial charge in [-0.25, -0.2) is 0 Å². The highest BCUT2D eigenvalue weighted by atomic mass is 35.5. The number of ether oxygens (including phenoxy) is 1. The fourth-order valence-corrected chi connectivity index (χ4v) is 2.72. The number of nitrogens with zero attached hydrogens (tertiary/aromatic N) is 3. The van der Waals surface area contributed by atoms with E-state index in [0.717, 1.165) is 12.8 Å². The zero-order chi connectivity index (χ0) is 14.6. The molecule has 0 bridgehead atoms. The smallest absolute Gasteiger partial charge is 0.322 e. The first-order valence-corrected chi connectivity index (χ1v) is 7.70. The quantitative estimate of drug-likeness (QED) is 0.898. The summed E-state index contributed by atoms with van der Waals surface area (Å²) in [7, 11) is 0. The van der Waals surface area contributed by atoms with Crippen LogP contribution in [0.1, 0.15) is 52.9 Å². The van der Waals surface area contributed by atoms with E-state index in [4.69, 9.17) is 16.3 Å². The van der Waals surface area contributed by atoms with Crippen molar-refractivity contribution in [3.63, 3.8) is 0 Å². The van der Waals surface area contributed by atoms with E-state index in [1.54, 1.807) is 0 Å². The van der Waals surface area contributed by atoms with Gasteiger partial charge in [0.15, 0.2) is 0 Å². The Morgan fingerprint density at radius 1 is 1.30 bits per heavy atom. The van der Waals surface area contributed by atoms with Crippen LogP contribution in [0.4, 0.5) is 5.95 Å². The normalized spacial score (nSPS) is 21.5. The Hall–Kier alpha value is -1.10. The Morgan fingerprint density at radius 2 is 2.10 bits per heavy atom. The van der Waals surface area contributed by atoms with Gasteiger partial charge in [0, 0.05) is 6.04 Å². The first kappa shape index (κ1) is 15.3. The van der Waals surface area contributed by atoms with Gasteiger partial charge in [0.1, 0.15) is 0 Å². The maximum Gasteiger partial charge on any atom is 0.322 e. The van der Waals surface area contributed by atoms with Crippen molar-refractivity contribution >= 4 is 17.5 Å². The number of hydrogen-bond acceptors (Lipinski definition) is 5. The number of halogens is 1. The summed E-state index contributed by atoms with van der Waals surface area (Å²) < 4.78 is 5.43. The van der Waals surface area contributed by atoms with Crippen molar-refractivity contribution in [2.45, 2.75) is 58.9 Å². The largest absolute Gasteiger partial charge is 0.463 e. The van der Waals surface area contributed by atoms with Crippen molar-refractivity contribution in [2.24, 2.45) is 5.41 Å². The average Bonchev–Trinajstić information content (AvgIpc) is 2.38. The fraction of sp³-hybridized carbons (Fsp3) is 0.786. The topological polar surface area (TPSA) is 59.9 Å². The van der Waals surface area contributed by atoms with Gasteiger partial charge >= 0.3 is 6.01 Å². The van der Waals surface area contributed by atoms with E-state index in [1.807, 2.05) is 6.92 Å². The molecule has 0 spiro atoms. The third-order valence-corrected chi connectivity index (χ3v) is 4.00. The average molecular weight is 299 g/mol. The zero-order valence-corrected chi connectivity index (χ0v) is 13.2. The highest BCUT2D eigenvalue weighted by Gasteiger charge is 2.32. The van der Waals surface area contributed by atoms with Crippen LogP contribution in [-0.2, 0) is 0 Å². The lowest BCUT2D eigenvalue weighted by molar-refractivity contribution is 0.216. The maximum absolute atomic E-state index is 5.94. The molecule has 1 aromatic rings. The molecule has 112 valence electrons. The van der Waals surface area contributed by atoms with Gasteiger partial charge in [-0.05, 0) is 36.3 Å². The fourth-order valence-electron chi connectivity index (χ4n) is 2.57. The molecule has 1 fully saturated rings. The highest BCUT2D eigenvalue weighted by Crippen LogP contribution is 2.36. The molecule has 0 radical (unpaired) electrons. The van der Waals surface area contributed by atoms with Crippen LogP contribution < -0.4 is 10.1 Å². The SMILES string of the molecule is CCCOc1nc(Cl)nc(NC2CCCCC2(C)C)n1. The van der Waals surface area contributed by atoms with Crippen molar-refractivity contribution in [1.82, 2.24) is 15.0 Å². The summed E-state index contributed by atoms with van der Waals surface area (Å²) in [5.74, 6) is 0.510. The minimum Gasteiger partial charge on any atom is -0.463 e. The van der Waals surface area contributed by atoms with Crippen LogP contribution in [0.5, 0.6) is 6.01 Å². The highest BCUT2D eigenvalue weighted by molar-refractivity contribution is 6.28. The molecule has 1 saturated carbocycles. The number of aromatic nitrogens is 3. The predicted octanol–water partition coefficient (Wildman–Crippen LogP) is 3.69. The van der Waals surface area contributed by atoms with Gasteiger partial charge in [-0.3, -0.25) is 0 Å². The van der Waals surface area contributed by atoms with E-state index in [1.165, 1.54) is 19.3 Å². The first-order valence-electron chi connectivity index (χ1n) is 7.32. The van der Waals surface area contributed by atoms with E-state index < -0.39 is 0 Å². The van der Waals surface area contributed by atoms with Gasteiger partial charge in [0.2, 0.25) is 11.2 Å². The van der Waals surface area contributed by atoms with Crippen LogP contribution in [0, 0.1) is 5.41 Å². The number of nitrogens with one attached hydrogen (secondary N) is 1. The lowest BCUT2D eigenvalue weighted by Gasteiger charge is -2.39. The van der Waals surface area contributed by atoms with Crippen LogP contribution in [0.15, 0.2) is 0 Å². The van der Waals surface area contributed by atoms with Crippen molar-refractivity contribution in [3.05, 3.63) is 5.28 Å². The van der Waals surface area contributed by atoms with Gasteiger partial charge in [0.05, 0.1) is 6.61 Å². The van der Waals surface area contributed by atoms with Crippen LogP contribution in [0.2, 0.25) is 5.28 Å². The molecule has 0 aromatic carbocycles. The molecule has 5 nitrogen and oxygen atoms in total. The molecule has 0 saturated heterocycles. The molecule has 1 N–H and O–H groups in total. The monoisotopic (exact) mass is 298 g/mol. The summed E-state index contributed by atoms with van der Waals surface area (Å²) in [4.78, 5) is 12.4. The molecule has 0 aliphatic heterocycles. The van der Waals surface area contributed by atoms with Gasteiger partial charge in [-0.2, -0.15) is 15.0 Å². The lowest BCUT2D eigenvalue weighted by Crippen LogP contribution is -2.39. The van der Waals surface area contributed by atoms with Crippen molar-refractivity contribution in [1.29, 1.82) is 0 Å². The van der Waals surface area contributed by atoms with Crippen LogP contribution in [0.3, 0.4) is 0 Å². The zero-order valence-electron chi connectivity index (χ0n) is 12.4. The van der Waals surface area contributed by atoms with Crippen molar-refractivity contribution in [2.75, 3.05) is 11.9 Å². The van der Waals surface area contributed by atoms with E-state index in [9.17, 15) is 0 Å². The third kappa shape index (κ3) is 3.95. The summed E-state index contributed by atoms with van der Waals surface area (Å²) in [6, 6.07) is 0.650. The summed E-state index contributed by atoms with van der Waals surface area (Å²) in [5, 5.41) is 3.57. The Kier molecular flexibility index (Phi) is 5.02. The molecule has 1 aliphatic carbocycles. The van der Waals surface area contributed by atoms with E-state index in [2.05, 4.69) is 34.1 Å². The molecule has 0 amide bonds. The second-order valence-corrected chi connectivity index (χ2v) is 6.33. The summed E-state index contributed by atoms with van der Waals surface area (Å²) in [5.41, 5.74) is 0.238. The Bertz CT molecular complexity index is 453. The first-order chi connectivity index (χ1) is 9.51. The van der Waals surface area contributed by atoms with Gasteiger partial charge in [-0.15, -0.1) is 0 Å². The minimum absolute atomic E-state index is 0.169. The number of hydrogen-bond donors (Lipinski definition) is 1. The molecule has 1 unspecified atom stereocenters. The van der Waals surface area contributed by atoms with Gasteiger partial charge < -0.3 is 10.1 Å². The molecule has 1 aliphatic rings. The predicted molar refractivity (Wildman–Crippen MR) is 80.3 cm³/mol. The lowest BCUT2D eigenvalue weighted by atomic mass is 9.73. The van der Waals surface area contributed by atoms with E-state index >= 15 is 0 Å². The molecule has 1 aromatic heterocycles. The molecular weight excluding hydrogens is 276 g/mol. The minimum atomic E-state index is 0.169. The summed E-state index contributed by atoms with van der Waals surface area (Å²) in [6.45, 7) is 7.17. The van der Waals surface area contributed by atoms with Crippen LogP contribution in [-0.4, -0.2) is 27.6 Å². The standard InChI is InChI=1S/C14H23ClN4O/c1-4-9-20-13-18-11(15)17-12(19-13)16-10-7-5-6-8-14(10,2)3/h10H,4-9H2,1-3H3,(H,16,17,18,19). The molecule has 20 heavy (non-hydrogen) atoms. The van der Waals surface area contributed by atoms with E-state index in [-0.39, 0.29) is 10.7 Å². The van der Waals surface area contributed by atoms with Crippen LogP contribution in [0.25, 0.3) is 0 Å².